The van der Waals surface area contributed by atoms with Crippen LogP contribution in [0.2, 0.25) is 0 Å². The van der Waals surface area contributed by atoms with Gasteiger partial charge in [0, 0.05) is 53.8 Å². The molecule has 2 nitrogen and oxygen atoms in total. The van der Waals surface area contributed by atoms with Crippen LogP contribution in [0.1, 0.15) is 7.43 Å². The monoisotopic (exact) mass is 380 g/mol. The molecule has 0 aromatic carbocycles. The Bertz CT molecular complexity index is 93.5. The van der Waals surface area contributed by atoms with Gasteiger partial charge in [0.05, 0.1) is 0 Å². The summed E-state index contributed by atoms with van der Waals surface area (Å²) in [6.45, 7) is 2.95. The molecule has 0 rings (SSSR count). The molecule has 0 bridgehead atoms. The average Bonchev–Trinajstić information content (AvgIpc) is 1.38. The Morgan fingerprint density at radius 2 is 1.50 bits per heavy atom. The maximum absolute atomic E-state index is 9.25. The number of hydrogen-bond acceptors (Lipinski definition) is 3. The first-order chi connectivity index (χ1) is 2.27. The summed E-state index contributed by atoms with van der Waals surface area (Å²) in [6.07, 6.45) is 0. The standard InChI is InChI=1S/C2H3O2S.CH4.W.Y/c1-2-5(3)4;;;/h2H,1H2;1H4;;/q-1;;;. The van der Waals surface area contributed by atoms with Crippen LogP contribution in [-0.4, -0.2) is 0 Å². The van der Waals surface area contributed by atoms with Crippen LogP contribution in [0.5, 0.6) is 0 Å². The van der Waals surface area contributed by atoms with E-state index in [1.165, 1.54) is 0 Å². The van der Waals surface area contributed by atoms with Crippen molar-refractivity contribution in [1.29, 1.82) is 0 Å². The Morgan fingerprint density at radius 1 is 1.38 bits per heavy atom. The van der Waals surface area contributed by atoms with Crippen LogP contribution in [-0.2, 0) is 72.9 Å². The fourth-order valence-electron chi connectivity index (χ4n) is 0. The van der Waals surface area contributed by atoms with Gasteiger partial charge >= 0.3 is 0 Å². The summed E-state index contributed by atoms with van der Waals surface area (Å²) in [5.74, 6) is 0. The van der Waals surface area contributed by atoms with Gasteiger partial charge in [0.1, 0.15) is 0 Å². The molecule has 0 N–H and O–H groups in total. The molecule has 0 spiro atoms. The maximum Gasteiger partial charge on any atom is 0 e. The molecule has 0 fully saturated rings. The van der Waals surface area contributed by atoms with Gasteiger partial charge in [-0.3, -0.25) is 0 Å². The van der Waals surface area contributed by atoms with E-state index in [4.69, 9.17) is 0 Å². The van der Waals surface area contributed by atoms with Crippen molar-refractivity contribution in [2.24, 2.45) is 0 Å². The van der Waals surface area contributed by atoms with Crippen molar-refractivity contribution in [3.8, 4) is 0 Å². The van der Waals surface area contributed by atoms with Crippen LogP contribution in [0, 0.1) is 0 Å². The zero-order valence-corrected chi connectivity index (χ0v) is 10.1. The molecule has 8 heavy (non-hydrogen) atoms. The van der Waals surface area contributed by atoms with Crippen LogP contribution in [0.4, 0.5) is 0 Å². The fraction of sp³-hybridized carbons (Fsp3) is 0.333. The van der Waals surface area contributed by atoms with Crippen LogP contribution in [0.15, 0.2) is 12.0 Å². The van der Waals surface area contributed by atoms with Gasteiger partial charge in [-0.1, -0.05) is 18.1 Å². The molecule has 0 unspecified atom stereocenters. The van der Waals surface area contributed by atoms with Gasteiger partial charge in [-0.15, -0.1) is 12.0 Å². The maximum atomic E-state index is 9.25. The second kappa shape index (κ2) is 15.8. The number of rotatable bonds is 1. The first-order valence-corrected chi connectivity index (χ1v) is 2.12. The molecule has 0 saturated heterocycles. The third kappa shape index (κ3) is 25.9. The van der Waals surface area contributed by atoms with E-state index < -0.39 is 10.7 Å². The summed E-state index contributed by atoms with van der Waals surface area (Å²) < 4.78 is 18.5. The minimum atomic E-state index is -2.06. The van der Waals surface area contributed by atoms with Gasteiger partial charge in [-0.05, 0) is 0 Å². The summed E-state index contributed by atoms with van der Waals surface area (Å²) in [4.78, 5) is 0. The second-order valence-corrected chi connectivity index (χ2v) is 1.28. The van der Waals surface area contributed by atoms with E-state index in [9.17, 15) is 8.42 Å². The molecule has 0 atom stereocenters. The molecule has 5 heteroatoms. The second-order valence-electron chi connectivity index (χ2n) is 0.427. The molecule has 0 aliphatic rings. The quantitative estimate of drug-likeness (QED) is 0.639. The van der Waals surface area contributed by atoms with E-state index in [0.717, 1.165) is 5.41 Å². The Labute approximate surface area is 91.2 Å². The van der Waals surface area contributed by atoms with Crippen molar-refractivity contribution in [3.63, 3.8) is 0 Å². The van der Waals surface area contributed by atoms with E-state index in [1.807, 2.05) is 0 Å². The number of hydrogen-bond donors (Lipinski definition) is 0. The summed E-state index contributed by atoms with van der Waals surface area (Å²) in [7, 11) is -2.06. The molecular formula is C3H7O2SWY-. The van der Waals surface area contributed by atoms with Crippen LogP contribution < -0.4 is 0 Å². The largest absolute Gasteiger partial charge is 0.420 e. The Kier molecular flexibility index (Phi) is 44.8. The summed E-state index contributed by atoms with van der Waals surface area (Å²) in [5.41, 5.74) is 0. The van der Waals surface area contributed by atoms with Crippen molar-refractivity contribution in [1.82, 2.24) is 0 Å². The van der Waals surface area contributed by atoms with Crippen molar-refractivity contribution < 1.29 is 62.2 Å². The third-order valence-corrected chi connectivity index (χ3v) is 0.408. The summed E-state index contributed by atoms with van der Waals surface area (Å²) in [5, 5.41) is 0.833. The SMILES string of the molecule is C.C=C[S-](=O)=O.[W].[Y]. The first-order valence-electron chi connectivity index (χ1n) is 0.977. The van der Waals surface area contributed by atoms with Gasteiger partial charge in [0.15, 0.2) is 0 Å². The molecular weight excluding hydrogens is 373 g/mol. The normalized spacial score (nSPS) is 5.12. The molecule has 0 saturated carbocycles. The van der Waals surface area contributed by atoms with Crippen molar-refractivity contribution in [3.05, 3.63) is 12.0 Å². The van der Waals surface area contributed by atoms with Crippen LogP contribution in [0.3, 0.4) is 0 Å². The van der Waals surface area contributed by atoms with Crippen LogP contribution in [0.25, 0.3) is 0 Å². The zero-order valence-electron chi connectivity index (χ0n) is 3.49. The molecule has 0 heterocycles. The van der Waals surface area contributed by atoms with Crippen molar-refractivity contribution in [2.75, 3.05) is 0 Å². The minimum absolute atomic E-state index is 0. The smallest absolute Gasteiger partial charge is 0 e. The van der Waals surface area contributed by atoms with Gasteiger partial charge in [-0.25, -0.2) is 0 Å². The molecule has 0 aromatic heterocycles. The molecule has 0 amide bonds. The minimum Gasteiger partial charge on any atom is -0.420 e. The third-order valence-electron chi connectivity index (χ3n) is 0.136. The molecule has 0 aliphatic carbocycles. The summed E-state index contributed by atoms with van der Waals surface area (Å²) in [6, 6.07) is 0. The summed E-state index contributed by atoms with van der Waals surface area (Å²) >= 11 is 0. The van der Waals surface area contributed by atoms with Crippen LogP contribution >= 0.6 is 0 Å². The Balaban J connectivity index is -0.0000000267. The van der Waals surface area contributed by atoms with Gasteiger partial charge in [-0.2, -0.15) is 0 Å². The first kappa shape index (κ1) is 22.7. The molecule has 1 radical (unpaired) electrons. The molecule has 47 valence electrons. The van der Waals surface area contributed by atoms with E-state index >= 15 is 0 Å². The molecule has 0 aromatic rings. The van der Waals surface area contributed by atoms with Gasteiger partial charge in [0.25, 0.3) is 0 Å². The Hall–Kier alpha value is 1.48. The van der Waals surface area contributed by atoms with Gasteiger partial charge in [0.2, 0.25) is 0 Å². The van der Waals surface area contributed by atoms with E-state index in [1.54, 1.807) is 0 Å². The van der Waals surface area contributed by atoms with E-state index in [-0.39, 0.29) is 61.2 Å². The predicted octanol–water partition coefficient (Wildman–Crippen LogP) is 1.07. The average molecular weight is 380 g/mol. The Morgan fingerprint density at radius 3 is 1.50 bits per heavy atom. The van der Waals surface area contributed by atoms with Crippen molar-refractivity contribution >= 4 is 10.7 Å². The molecule has 0 aliphatic heterocycles. The van der Waals surface area contributed by atoms with Crippen molar-refractivity contribution in [2.45, 2.75) is 7.43 Å². The van der Waals surface area contributed by atoms with E-state index in [0.29, 0.717) is 0 Å². The van der Waals surface area contributed by atoms with E-state index in [2.05, 4.69) is 6.58 Å². The zero-order chi connectivity index (χ0) is 4.28. The fourth-order valence-corrected chi connectivity index (χ4v) is 0. The topological polar surface area (TPSA) is 34.1 Å². The van der Waals surface area contributed by atoms with Gasteiger partial charge < -0.3 is 8.42 Å². The predicted molar refractivity (Wildman–Crippen MR) is 25.7 cm³/mol.